The molecule has 0 aromatic heterocycles. The average molecular weight is 322 g/mol. The molecule has 0 aliphatic heterocycles. The lowest BCUT2D eigenvalue weighted by atomic mass is 10.1. The molecule has 5 heteroatoms. The molecule has 1 aromatic carbocycles. The Hall–Kier alpha value is -1.75. The highest BCUT2D eigenvalue weighted by atomic mass is 16.5. The Morgan fingerprint density at radius 1 is 1.17 bits per heavy atom. The highest BCUT2D eigenvalue weighted by Gasteiger charge is 2.20. The molecule has 1 unspecified atom stereocenters. The van der Waals surface area contributed by atoms with E-state index in [1.165, 1.54) is 0 Å². The molecular formula is C18H30N2O3. The molecule has 0 fully saturated rings. The Morgan fingerprint density at radius 2 is 1.83 bits per heavy atom. The molecule has 0 aliphatic rings. The van der Waals surface area contributed by atoms with Crippen molar-refractivity contribution in [2.75, 3.05) is 33.9 Å². The summed E-state index contributed by atoms with van der Waals surface area (Å²) < 4.78 is 10.6. The van der Waals surface area contributed by atoms with Gasteiger partial charge in [0.05, 0.1) is 14.2 Å². The summed E-state index contributed by atoms with van der Waals surface area (Å²) in [5, 5.41) is 0. The zero-order valence-corrected chi connectivity index (χ0v) is 15.0. The van der Waals surface area contributed by atoms with Crippen molar-refractivity contribution in [3.63, 3.8) is 0 Å². The second kappa shape index (κ2) is 9.40. The van der Waals surface area contributed by atoms with Gasteiger partial charge in [0.25, 0.3) is 0 Å². The first kappa shape index (κ1) is 19.3. The van der Waals surface area contributed by atoms with Crippen LogP contribution >= 0.6 is 0 Å². The monoisotopic (exact) mass is 322 g/mol. The number of carbonyl (C=O) groups is 1. The van der Waals surface area contributed by atoms with Gasteiger partial charge >= 0.3 is 0 Å². The van der Waals surface area contributed by atoms with Crippen LogP contribution in [0.5, 0.6) is 11.5 Å². The van der Waals surface area contributed by atoms with Gasteiger partial charge in [0.2, 0.25) is 5.91 Å². The molecule has 23 heavy (non-hydrogen) atoms. The summed E-state index contributed by atoms with van der Waals surface area (Å²) in [7, 11) is 3.24. The number of carbonyl (C=O) groups excluding carboxylic acids is 1. The lowest BCUT2D eigenvalue weighted by Gasteiger charge is -2.27. The van der Waals surface area contributed by atoms with Crippen molar-refractivity contribution >= 4 is 5.91 Å². The van der Waals surface area contributed by atoms with Crippen LogP contribution in [0.25, 0.3) is 0 Å². The molecule has 1 amide bonds. The molecule has 0 spiro atoms. The molecule has 0 bridgehead atoms. The summed E-state index contributed by atoms with van der Waals surface area (Å²) in [6.07, 6.45) is 0.774. The molecule has 0 saturated heterocycles. The van der Waals surface area contributed by atoms with Gasteiger partial charge in [0.15, 0.2) is 11.5 Å². The van der Waals surface area contributed by atoms with E-state index in [0.717, 1.165) is 18.5 Å². The predicted octanol–water partition coefficient (Wildman–Crippen LogP) is 2.33. The number of ether oxygens (including phenoxy) is 2. The summed E-state index contributed by atoms with van der Waals surface area (Å²) in [6, 6.07) is 5.86. The predicted molar refractivity (Wildman–Crippen MR) is 92.9 cm³/mol. The molecule has 0 radical (unpaired) electrons. The van der Waals surface area contributed by atoms with Crippen molar-refractivity contribution < 1.29 is 14.3 Å². The summed E-state index contributed by atoms with van der Waals surface area (Å²) in [5.74, 6) is 1.83. The lowest BCUT2D eigenvalue weighted by molar-refractivity contribution is -0.135. The molecular weight excluding hydrogens is 292 g/mol. The fourth-order valence-corrected chi connectivity index (χ4v) is 2.44. The highest BCUT2D eigenvalue weighted by molar-refractivity contribution is 5.78. The van der Waals surface area contributed by atoms with Crippen LogP contribution in [0.4, 0.5) is 0 Å². The molecule has 0 heterocycles. The molecule has 0 saturated carbocycles. The van der Waals surface area contributed by atoms with Gasteiger partial charge in [-0.3, -0.25) is 4.79 Å². The third kappa shape index (κ3) is 5.75. The third-order valence-corrected chi connectivity index (χ3v) is 3.79. The van der Waals surface area contributed by atoms with Crippen molar-refractivity contribution in [3.8, 4) is 11.5 Å². The zero-order chi connectivity index (χ0) is 17.4. The Bertz CT molecular complexity index is 503. The summed E-state index contributed by atoms with van der Waals surface area (Å²) in [6.45, 7) is 7.91. The van der Waals surface area contributed by atoms with Crippen LogP contribution in [0.3, 0.4) is 0 Å². The number of benzene rings is 1. The number of nitrogens with zero attached hydrogens (tertiary/aromatic N) is 1. The van der Waals surface area contributed by atoms with Gasteiger partial charge in [-0.2, -0.15) is 0 Å². The van der Waals surface area contributed by atoms with E-state index in [4.69, 9.17) is 15.2 Å². The fraction of sp³-hybridized carbons (Fsp3) is 0.611. The van der Waals surface area contributed by atoms with Gasteiger partial charge in [-0.05, 0) is 30.0 Å². The summed E-state index contributed by atoms with van der Waals surface area (Å²) in [4.78, 5) is 14.4. The highest BCUT2D eigenvalue weighted by Crippen LogP contribution is 2.27. The third-order valence-electron chi connectivity index (χ3n) is 3.79. The number of hydrogen-bond acceptors (Lipinski definition) is 4. The normalized spacial score (nSPS) is 12.1. The van der Waals surface area contributed by atoms with E-state index >= 15 is 0 Å². The van der Waals surface area contributed by atoms with Crippen LogP contribution in [0.1, 0.15) is 26.3 Å². The van der Waals surface area contributed by atoms with Crippen molar-refractivity contribution in [2.24, 2.45) is 17.6 Å². The van der Waals surface area contributed by atoms with Crippen LogP contribution in [0.15, 0.2) is 18.2 Å². The van der Waals surface area contributed by atoms with E-state index in [9.17, 15) is 4.79 Å². The lowest BCUT2D eigenvalue weighted by Crippen LogP contribution is -2.41. The minimum atomic E-state index is -0.140. The molecule has 0 aliphatic carbocycles. The van der Waals surface area contributed by atoms with Gasteiger partial charge in [-0.25, -0.2) is 0 Å². The minimum absolute atomic E-state index is 0.127. The second-order valence-corrected chi connectivity index (χ2v) is 6.25. The molecule has 1 aromatic rings. The number of amides is 1. The van der Waals surface area contributed by atoms with Crippen molar-refractivity contribution in [1.29, 1.82) is 0 Å². The maximum Gasteiger partial charge on any atom is 0.226 e. The van der Waals surface area contributed by atoms with Crippen molar-refractivity contribution in [1.82, 2.24) is 4.90 Å². The van der Waals surface area contributed by atoms with Gasteiger partial charge < -0.3 is 20.1 Å². The molecule has 1 atom stereocenters. The average Bonchev–Trinajstić information content (AvgIpc) is 2.56. The van der Waals surface area contributed by atoms with E-state index in [2.05, 4.69) is 13.8 Å². The maximum absolute atomic E-state index is 12.5. The first-order valence-electron chi connectivity index (χ1n) is 8.12. The van der Waals surface area contributed by atoms with Crippen LogP contribution < -0.4 is 15.2 Å². The topological polar surface area (TPSA) is 64.8 Å². The first-order chi connectivity index (χ1) is 10.9. The van der Waals surface area contributed by atoms with Gasteiger partial charge in [0.1, 0.15) is 0 Å². The van der Waals surface area contributed by atoms with Crippen molar-refractivity contribution in [2.45, 2.75) is 27.2 Å². The van der Waals surface area contributed by atoms with Crippen LogP contribution in [-0.2, 0) is 11.2 Å². The maximum atomic E-state index is 12.5. The first-order valence-corrected chi connectivity index (χ1v) is 8.12. The van der Waals surface area contributed by atoms with E-state index in [-0.39, 0.29) is 11.8 Å². The minimum Gasteiger partial charge on any atom is -0.493 e. The number of rotatable bonds is 9. The fourth-order valence-electron chi connectivity index (χ4n) is 2.44. The standard InChI is InChI=1S/C18H30N2O3/c1-13(2)12-20(18(21)14(3)11-19)9-8-15-6-7-16(22-4)17(10-15)23-5/h6-7,10,13-14H,8-9,11-12,19H2,1-5H3. The second-order valence-electron chi connectivity index (χ2n) is 6.25. The van der Waals surface area contributed by atoms with Gasteiger partial charge in [-0.15, -0.1) is 0 Å². The Labute approximate surface area is 139 Å². The van der Waals surface area contributed by atoms with E-state index in [1.54, 1.807) is 14.2 Å². The quantitative estimate of drug-likeness (QED) is 0.758. The molecule has 1 rings (SSSR count). The Morgan fingerprint density at radius 3 is 2.35 bits per heavy atom. The van der Waals surface area contributed by atoms with E-state index in [1.807, 2.05) is 30.0 Å². The number of methoxy groups -OCH3 is 2. The van der Waals surface area contributed by atoms with Gasteiger partial charge in [0, 0.05) is 25.6 Å². The molecule has 2 N–H and O–H groups in total. The SMILES string of the molecule is COc1ccc(CCN(CC(C)C)C(=O)C(C)CN)cc1OC. The van der Waals surface area contributed by atoms with E-state index in [0.29, 0.717) is 30.5 Å². The summed E-state index contributed by atoms with van der Waals surface area (Å²) >= 11 is 0. The van der Waals surface area contributed by atoms with Gasteiger partial charge in [-0.1, -0.05) is 26.8 Å². The van der Waals surface area contributed by atoms with Crippen LogP contribution in [0.2, 0.25) is 0 Å². The van der Waals surface area contributed by atoms with Crippen LogP contribution in [-0.4, -0.2) is 44.7 Å². The Balaban J connectivity index is 2.79. The smallest absolute Gasteiger partial charge is 0.226 e. The molecule has 5 nitrogen and oxygen atoms in total. The van der Waals surface area contributed by atoms with E-state index < -0.39 is 0 Å². The number of nitrogens with two attached hydrogens (primary N) is 1. The summed E-state index contributed by atoms with van der Waals surface area (Å²) in [5.41, 5.74) is 6.76. The zero-order valence-electron chi connectivity index (χ0n) is 15.0. The van der Waals surface area contributed by atoms with Crippen molar-refractivity contribution in [3.05, 3.63) is 23.8 Å². The molecule has 130 valence electrons. The van der Waals surface area contributed by atoms with Crippen LogP contribution in [0, 0.1) is 11.8 Å². The largest absolute Gasteiger partial charge is 0.493 e. The number of hydrogen-bond donors (Lipinski definition) is 1. The Kier molecular flexibility index (Phi) is 7.89.